The molecule has 0 aliphatic heterocycles. The van der Waals surface area contributed by atoms with Crippen LogP contribution in [0.3, 0.4) is 0 Å². The fraction of sp³-hybridized carbons (Fsp3) is 0.286. The Morgan fingerprint density at radius 3 is 2.15 bits per heavy atom. The molecule has 5 heteroatoms. The van der Waals surface area contributed by atoms with E-state index in [1.165, 1.54) is 0 Å². The number of hydrogen-bond donors (Lipinski definition) is 1. The third-order valence-electron chi connectivity index (χ3n) is 5.54. The molecule has 1 unspecified atom stereocenters. The number of carbonyl (C=O) groups is 2. The van der Waals surface area contributed by atoms with E-state index in [9.17, 15) is 9.59 Å². The molecule has 3 aromatic rings. The maximum absolute atomic E-state index is 13.6. The minimum atomic E-state index is -0.626. The third kappa shape index (κ3) is 7.76. The maximum atomic E-state index is 13.6. The van der Waals surface area contributed by atoms with E-state index in [2.05, 4.69) is 12.2 Å². The highest BCUT2D eigenvalue weighted by atomic mass is 35.5. The van der Waals surface area contributed by atoms with Gasteiger partial charge in [0.05, 0.1) is 6.42 Å². The Kier molecular flexibility index (Phi) is 9.52. The first-order chi connectivity index (χ1) is 16.1. The molecular weight excluding hydrogens is 432 g/mol. The van der Waals surface area contributed by atoms with Crippen LogP contribution in [0.1, 0.15) is 36.5 Å². The molecule has 0 radical (unpaired) electrons. The largest absolute Gasteiger partial charge is 0.354 e. The minimum absolute atomic E-state index is 0.0900. The van der Waals surface area contributed by atoms with Gasteiger partial charge in [0.1, 0.15) is 6.04 Å². The lowest BCUT2D eigenvalue weighted by Gasteiger charge is -2.32. The molecule has 0 saturated heterocycles. The van der Waals surface area contributed by atoms with Gasteiger partial charge in [-0.3, -0.25) is 9.59 Å². The highest BCUT2D eigenvalue weighted by Gasteiger charge is 2.30. The van der Waals surface area contributed by atoms with Crippen LogP contribution in [0.25, 0.3) is 0 Å². The molecule has 1 atom stereocenters. The van der Waals surface area contributed by atoms with Gasteiger partial charge < -0.3 is 10.2 Å². The molecule has 0 saturated carbocycles. The minimum Gasteiger partial charge on any atom is -0.354 e. The quantitative estimate of drug-likeness (QED) is 0.386. The maximum Gasteiger partial charge on any atom is 0.243 e. The predicted octanol–water partition coefficient (Wildman–Crippen LogP) is 5.44. The van der Waals surface area contributed by atoms with Crippen molar-refractivity contribution in [2.24, 2.45) is 0 Å². The number of benzene rings is 3. The molecule has 0 heterocycles. The number of amides is 2. The third-order valence-corrected chi connectivity index (χ3v) is 5.78. The fourth-order valence-corrected chi connectivity index (χ4v) is 3.98. The zero-order chi connectivity index (χ0) is 23.5. The smallest absolute Gasteiger partial charge is 0.243 e. The van der Waals surface area contributed by atoms with E-state index in [1.807, 2.05) is 78.9 Å². The van der Waals surface area contributed by atoms with Gasteiger partial charge in [-0.15, -0.1) is 0 Å². The Labute approximate surface area is 201 Å². The van der Waals surface area contributed by atoms with Crippen LogP contribution in [0.15, 0.2) is 84.9 Å². The molecule has 1 N–H and O–H groups in total. The Morgan fingerprint density at radius 1 is 0.879 bits per heavy atom. The molecule has 3 rings (SSSR count). The van der Waals surface area contributed by atoms with Crippen LogP contribution in [0, 0.1) is 0 Å². The summed E-state index contributed by atoms with van der Waals surface area (Å²) in [6, 6.07) is 26.3. The summed E-state index contributed by atoms with van der Waals surface area (Å²) in [5.41, 5.74) is 2.82. The molecule has 0 spiro atoms. The van der Waals surface area contributed by atoms with E-state index in [-0.39, 0.29) is 18.2 Å². The summed E-state index contributed by atoms with van der Waals surface area (Å²) >= 11 is 6.21. The van der Waals surface area contributed by atoms with Crippen molar-refractivity contribution < 1.29 is 9.59 Å². The van der Waals surface area contributed by atoms with Crippen LogP contribution in [-0.2, 0) is 29.0 Å². The highest BCUT2D eigenvalue weighted by Crippen LogP contribution is 2.18. The first-order valence-electron chi connectivity index (χ1n) is 11.5. The molecule has 172 valence electrons. The van der Waals surface area contributed by atoms with Gasteiger partial charge in [0.25, 0.3) is 0 Å². The molecule has 33 heavy (non-hydrogen) atoms. The van der Waals surface area contributed by atoms with Crippen LogP contribution >= 0.6 is 11.6 Å². The fourth-order valence-electron chi connectivity index (χ4n) is 3.76. The van der Waals surface area contributed by atoms with E-state index >= 15 is 0 Å². The summed E-state index contributed by atoms with van der Waals surface area (Å²) in [4.78, 5) is 28.6. The summed E-state index contributed by atoms with van der Waals surface area (Å²) in [6.45, 7) is 2.99. The first-order valence-corrected chi connectivity index (χ1v) is 11.8. The van der Waals surface area contributed by atoms with Crippen molar-refractivity contribution in [3.63, 3.8) is 0 Å². The average Bonchev–Trinajstić information content (AvgIpc) is 2.82. The van der Waals surface area contributed by atoms with Crippen molar-refractivity contribution in [2.75, 3.05) is 6.54 Å². The van der Waals surface area contributed by atoms with Gasteiger partial charge >= 0.3 is 0 Å². The zero-order valence-electron chi connectivity index (χ0n) is 19.0. The Balaban J connectivity index is 1.92. The second-order valence-electron chi connectivity index (χ2n) is 8.16. The molecule has 0 aliphatic carbocycles. The van der Waals surface area contributed by atoms with Gasteiger partial charge in [-0.25, -0.2) is 0 Å². The molecule has 0 fully saturated rings. The second kappa shape index (κ2) is 12.8. The van der Waals surface area contributed by atoms with Crippen LogP contribution in [0.2, 0.25) is 5.02 Å². The number of rotatable bonds is 11. The second-order valence-corrected chi connectivity index (χ2v) is 8.60. The number of unbranched alkanes of at least 4 members (excludes halogenated alkanes) is 1. The molecule has 0 aliphatic rings. The van der Waals surface area contributed by atoms with Gasteiger partial charge in [-0.05, 0) is 35.2 Å². The van der Waals surface area contributed by atoms with Crippen molar-refractivity contribution in [3.05, 3.63) is 107 Å². The number of halogens is 1. The summed E-state index contributed by atoms with van der Waals surface area (Å²) < 4.78 is 0. The van der Waals surface area contributed by atoms with E-state index in [0.29, 0.717) is 24.5 Å². The van der Waals surface area contributed by atoms with E-state index in [1.54, 1.807) is 11.0 Å². The number of nitrogens with zero attached hydrogens (tertiary/aromatic N) is 1. The van der Waals surface area contributed by atoms with E-state index in [4.69, 9.17) is 11.6 Å². The van der Waals surface area contributed by atoms with Crippen molar-refractivity contribution in [1.82, 2.24) is 10.2 Å². The van der Waals surface area contributed by atoms with Crippen LogP contribution in [0.5, 0.6) is 0 Å². The topological polar surface area (TPSA) is 49.4 Å². The van der Waals surface area contributed by atoms with E-state index in [0.717, 1.165) is 29.5 Å². The van der Waals surface area contributed by atoms with Crippen molar-refractivity contribution in [3.8, 4) is 0 Å². The number of carbonyl (C=O) groups excluding carboxylic acids is 2. The summed E-state index contributed by atoms with van der Waals surface area (Å²) in [7, 11) is 0. The molecule has 4 nitrogen and oxygen atoms in total. The number of hydrogen-bond acceptors (Lipinski definition) is 2. The standard InChI is InChI=1S/C28H31ClN2O2/c1-2-3-17-30-28(33)26(19-22-11-6-4-7-12-22)31(21-24-15-10-16-25(29)18-24)27(32)20-23-13-8-5-9-14-23/h4-16,18,26H,2-3,17,19-21H2,1H3,(H,30,33). The van der Waals surface area contributed by atoms with E-state index < -0.39 is 6.04 Å². The zero-order valence-corrected chi connectivity index (χ0v) is 19.8. The Morgan fingerprint density at radius 2 is 1.52 bits per heavy atom. The van der Waals surface area contributed by atoms with Gasteiger partial charge in [0.15, 0.2) is 0 Å². The predicted molar refractivity (Wildman–Crippen MR) is 134 cm³/mol. The Bertz CT molecular complexity index is 1020. The first kappa shape index (κ1) is 24.5. The molecular formula is C28H31ClN2O2. The lowest BCUT2D eigenvalue weighted by molar-refractivity contribution is -0.140. The van der Waals surface area contributed by atoms with Crippen LogP contribution in [-0.4, -0.2) is 29.3 Å². The van der Waals surface area contributed by atoms with Crippen molar-refractivity contribution in [2.45, 2.75) is 45.2 Å². The number of nitrogens with one attached hydrogen (secondary N) is 1. The van der Waals surface area contributed by atoms with Gasteiger partial charge in [-0.2, -0.15) is 0 Å². The molecule has 2 amide bonds. The van der Waals surface area contributed by atoms with Gasteiger partial charge in [0.2, 0.25) is 11.8 Å². The Hall–Kier alpha value is -3.11. The average molecular weight is 463 g/mol. The van der Waals surface area contributed by atoms with Crippen molar-refractivity contribution >= 4 is 23.4 Å². The summed E-state index contributed by atoms with van der Waals surface area (Å²) in [6.07, 6.45) is 2.56. The SMILES string of the molecule is CCCCNC(=O)C(Cc1ccccc1)N(Cc1cccc(Cl)c1)C(=O)Cc1ccccc1. The lowest BCUT2D eigenvalue weighted by atomic mass is 10.0. The summed E-state index contributed by atoms with van der Waals surface area (Å²) in [5.74, 6) is -0.219. The molecule has 0 bridgehead atoms. The molecule has 0 aromatic heterocycles. The van der Waals surface area contributed by atoms with Gasteiger partial charge in [-0.1, -0.05) is 97.7 Å². The summed E-state index contributed by atoms with van der Waals surface area (Å²) in [5, 5.41) is 3.65. The van der Waals surface area contributed by atoms with Crippen molar-refractivity contribution in [1.29, 1.82) is 0 Å². The monoisotopic (exact) mass is 462 g/mol. The lowest BCUT2D eigenvalue weighted by Crippen LogP contribution is -2.51. The highest BCUT2D eigenvalue weighted by molar-refractivity contribution is 6.30. The molecule has 3 aromatic carbocycles. The van der Waals surface area contributed by atoms with Gasteiger partial charge in [0, 0.05) is 24.5 Å². The normalized spacial score (nSPS) is 11.6. The van der Waals surface area contributed by atoms with Crippen LogP contribution < -0.4 is 5.32 Å². The van der Waals surface area contributed by atoms with Crippen LogP contribution in [0.4, 0.5) is 0 Å².